The van der Waals surface area contributed by atoms with Crippen LogP contribution >= 0.6 is 11.3 Å². The molecule has 7 rings (SSSR count). The van der Waals surface area contributed by atoms with Crippen molar-refractivity contribution in [1.82, 2.24) is 10.3 Å². The van der Waals surface area contributed by atoms with Gasteiger partial charge in [-0.1, -0.05) is 6.07 Å². The number of hydrogen-bond acceptors (Lipinski definition) is 5. The Morgan fingerprint density at radius 1 is 1.00 bits per heavy atom. The first-order chi connectivity index (χ1) is 17.1. The van der Waals surface area contributed by atoms with E-state index >= 15 is 0 Å². The molecule has 0 aliphatic heterocycles. The number of fused-ring (bicyclic) bond motifs is 1. The highest BCUT2D eigenvalue weighted by atomic mass is 32.1. The van der Waals surface area contributed by atoms with Gasteiger partial charge in [0.05, 0.1) is 11.2 Å². The lowest BCUT2D eigenvalue weighted by Gasteiger charge is -2.56. The summed E-state index contributed by atoms with van der Waals surface area (Å²) in [5.74, 6) is 3.68. The van der Waals surface area contributed by atoms with E-state index in [4.69, 9.17) is 4.98 Å². The minimum atomic E-state index is 0.177. The maximum absolute atomic E-state index is 13.2. The Morgan fingerprint density at radius 2 is 1.80 bits per heavy atom. The predicted molar refractivity (Wildman–Crippen MR) is 145 cm³/mol. The van der Waals surface area contributed by atoms with E-state index in [0.29, 0.717) is 6.42 Å². The van der Waals surface area contributed by atoms with Gasteiger partial charge in [-0.3, -0.25) is 4.79 Å². The largest absolute Gasteiger partial charge is 0.370 e. The molecule has 35 heavy (non-hydrogen) atoms. The van der Waals surface area contributed by atoms with Crippen molar-refractivity contribution in [2.24, 2.45) is 23.2 Å². The topological polar surface area (TPSA) is 66.0 Å². The molecular weight excluding hydrogens is 452 g/mol. The van der Waals surface area contributed by atoms with Crippen LogP contribution in [0.4, 0.5) is 11.5 Å². The number of anilines is 2. The van der Waals surface area contributed by atoms with Gasteiger partial charge in [0.25, 0.3) is 0 Å². The molecule has 2 heterocycles. The zero-order chi connectivity index (χ0) is 23.7. The number of thiophene rings is 1. The molecule has 4 aliphatic rings. The number of hydrogen-bond donors (Lipinski definition) is 3. The van der Waals surface area contributed by atoms with Crippen LogP contribution < -0.4 is 16.0 Å². The number of nitrogens with zero attached hydrogens (tertiary/aromatic N) is 1. The first kappa shape index (κ1) is 23.0. The van der Waals surface area contributed by atoms with Crippen molar-refractivity contribution < 1.29 is 4.79 Å². The molecule has 0 unspecified atom stereocenters. The number of pyridine rings is 1. The van der Waals surface area contributed by atoms with Crippen molar-refractivity contribution in [2.75, 3.05) is 23.7 Å². The zero-order valence-electron chi connectivity index (χ0n) is 20.4. The van der Waals surface area contributed by atoms with Gasteiger partial charge >= 0.3 is 0 Å². The predicted octanol–water partition coefficient (Wildman–Crippen LogP) is 6.43. The highest BCUT2D eigenvalue weighted by Crippen LogP contribution is 2.61. The lowest BCUT2D eigenvalue weighted by atomic mass is 9.49. The summed E-state index contributed by atoms with van der Waals surface area (Å²) in [6.45, 7) is 2.77. The van der Waals surface area contributed by atoms with Gasteiger partial charge in [-0.15, -0.1) is 0 Å². The number of carbonyl (C=O) groups excluding carboxylic acids is 1. The lowest BCUT2D eigenvalue weighted by molar-refractivity contribution is -0.124. The number of benzene rings is 1. The third-order valence-electron chi connectivity index (χ3n) is 8.45. The summed E-state index contributed by atoms with van der Waals surface area (Å²) in [5.41, 5.74) is 3.41. The lowest BCUT2D eigenvalue weighted by Crippen LogP contribution is -2.47. The van der Waals surface area contributed by atoms with Crippen LogP contribution in [0.5, 0.6) is 0 Å². The molecular formula is C29H36N4OS. The van der Waals surface area contributed by atoms with E-state index < -0.39 is 0 Å². The average molecular weight is 489 g/mol. The van der Waals surface area contributed by atoms with Crippen LogP contribution in [0.15, 0.2) is 47.2 Å². The standard InChI is InChI=1S/C29H36N4OS/c34-28(17-29-14-21-11-22(15-29)13-23(12-21)16-29)33-26-4-1-3-25-24(26)5-6-27(32-25)31-9-2-8-30-18-20-7-10-35-19-20/h1,3-7,10,19,21-23,30H,2,8-9,11-18H2,(H,31,32)(H,33,34). The summed E-state index contributed by atoms with van der Waals surface area (Å²) >= 11 is 1.74. The Morgan fingerprint density at radius 3 is 2.54 bits per heavy atom. The number of aromatic nitrogens is 1. The molecule has 1 amide bonds. The van der Waals surface area contributed by atoms with Crippen LogP contribution in [0.1, 0.15) is 56.9 Å². The van der Waals surface area contributed by atoms with Gasteiger partial charge in [0, 0.05) is 24.9 Å². The highest BCUT2D eigenvalue weighted by molar-refractivity contribution is 7.07. The van der Waals surface area contributed by atoms with Crippen LogP contribution in [0.3, 0.4) is 0 Å². The van der Waals surface area contributed by atoms with Crippen molar-refractivity contribution in [3.63, 3.8) is 0 Å². The molecule has 4 fully saturated rings. The number of nitrogens with one attached hydrogen (secondary N) is 3. The molecule has 4 aliphatic carbocycles. The Labute approximate surface area is 212 Å². The van der Waals surface area contributed by atoms with Gasteiger partial charge in [-0.2, -0.15) is 11.3 Å². The second kappa shape index (κ2) is 9.90. The number of carbonyl (C=O) groups is 1. The molecule has 4 bridgehead atoms. The number of amides is 1. The average Bonchev–Trinajstić information content (AvgIpc) is 3.34. The smallest absolute Gasteiger partial charge is 0.224 e. The first-order valence-electron chi connectivity index (χ1n) is 13.3. The van der Waals surface area contributed by atoms with Crippen LogP contribution in [-0.2, 0) is 11.3 Å². The van der Waals surface area contributed by atoms with Crippen molar-refractivity contribution in [2.45, 2.75) is 57.9 Å². The van der Waals surface area contributed by atoms with Crippen LogP contribution in [-0.4, -0.2) is 24.0 Å². The Bertz CT molecular complexity index is 1140. The molecule has 0 saturated heterocycles. The quantitative estimate of drug-likeness (QED) is 0.288. The van der Waals surface area contributed by atoms with E-state index in [0.717, 1.165) is 66.2 Å². The zero-order valence-corrected chi connectivity index (χ0v) is 21.2. The normalized spacial score (nSPS) is 26.8. The highest BCUT2D eigenvalue weighted by Gasteiger charge is 2.51. The summed E-state index contributed by atoms with van der Waals surface area (Å²) in [6, 6.07) is 12.3. The Balaban J connectivity index is 1.03. The molecule has 0 spiro atoms. The van der Waals surface area contributed by atoms with Gasteiger partial charge < -0.3 is 16.0 Å². The molecule has 2 aromatic heterocycles. The first-order valence-corrected chi connectivity index (χ1v) is 14.2. The van der Waals surface area contributed by atoms with Gasteiger partial charge in [0.1, 0.15) is 5.82 Å². The monoisotopic (exact) mass is 488 g/mol. The second-order valence-corrected chi connectivity index (χ2v) is 12.1. The van der Waals surface area contributed by atoms with E-state index in [9.17, 15) is 4.79 Å². The third-order valence-corrected chi connectivity index (χ3v) is 9.18. The van der Waals surface area contributed by atoms with E-state index in [-0.39, 0.29) is 11.3 Å². The summed E-state index contributed by atoms with van der Waals surface area (Å²) in [7, 11) is 0. The molecule has 4 saturated carbocycles. The molecule has 0 atom stereocenters. The maximum atomic E-state index is 13.2. The summed E-state index contributed by atoms with van der Waals surface area (Å²) in [5, 5.41) is 15.5. The molecule has 3 aromatic rings. The van der Waals surface area contributed by atoms with Crippen LogP contribution in [0.25, 0.3) is 10.9 Å². The van der Waals surface area contributed by atoms with Crippen LogP contribution in [0.2, 0.25) is 0 Å². The van der Waals surface area contributed by atoms with E-state index in [1.54, 1.807) is 11.3 Å². The van der Waals surface area contributed by atoms with Gasteiger partial charge in [0.15, 0.2) is 0 Å². The minimum Gasteiger partial charge on any atom is -0.370 e. The van der Waals surface area contributed by atoms with E-state index in [1.165, 1.54) is 44.1 Å². The molecule has 0 radical (unpaired) electrons. The fraction of sp³-hybridized carbons (Fsp3) is 0.517. The number of rotatable bonds is 10. The van der Waals surface area contributed by atoms with Crippen molar-refractivity contribution in [1.29, 1.82) is 0 Å². The summed E-state index contributed by atoms with van der Waals surface area (Å²) in [4.78, 5) is 18.0. The molecule has 184 valence electrons. The van der Waals surface area contributed by atoms with Gasteiger partial charge in [-0.05, 0) is 121 Å². The van der Waals surface area contributed by atoms with Gasteiger partial charge in [0.2, 0.25) is 5.91 Å². The molecule has 5 nitrogen and oxygen atoms in total. The molecule has 3 N–H and O–H groups in total. The van der Waals surface area contributed by atoms with Crippen molar-refractivity contribution in [3.8, 4) is 0 Å². The van der Waals surface area contributed by atoms with E-state index in [2.05, 4.69) is 38.8 Å². The minimum absolute atomic E-state index is 0.177. The third kappa shape index (κ3) is 5.24. The Kier molecular flexibility index (Phi) is 6.50. The molecule has 1 aromatic carbocycles. The van der Waals surface area contributed by atoms with Gasteiger partial charge in [-0.25, -0.2) is 4.98 Å². The van der Waals surface area contributed by atoms with Crippen molar-refractivity contribution in [3.05, 3.63) is 52.7 Å². The maximum Gasteiger partial charge on any atom is 0.224 e. The summed E-state index contributed by atoms with van der Waals surface area (Å²) < 4.78 is 0. The fourth-order valence-electron chi connectivity index (χ4n) is 7.46. The SMILES string of the molecule is O=C(CC12CC3CC(CC(C3)C1)C2)Nc1cccc2nc(NCCCNCc3ccsc3)ccc12. The van der Waals surface area contributed by atoms with Crippen LogP contribution in [0, 0.1) is 23.2 Å². The molecule has 6 heteroatoms. The fourth-order valence-corrected chi connectivity index (χ4v) is 8.13. The van der Waals surface area contributed by atoms with E-state index in [1.807, 2.05) is 24.3 Å². The Hall–Kier alpha value is -2.44. The second-order valence-electron chi connectivity index (χ2n) is 11.3. The van der Waals surface area contributed by atoms with Crippen molar-refractivity contribution >= 4 is 39.7 Å². The summed E-state index contributed by atoms with van der Waals surface area (Å²) in [6.07, 6.45) is 9.75.